The van der Waals surface area contributed by atoms with Gasteiger partial charge in [-0.05, 0) is 62.2 Å². The van der Waals surface area contributed by atoms with Gasteiger partial charge in [-0.3, -0.25) is 0 Å². The first-order chi connectivity index (χ1) is 12.2. The number of hydrogen-bond donors (Lipinski definition) is 0. The molecule has 7 saturated carbocycles. The van der Waals surface area contributed by atoms with Crippen LogP contribution in [0.5, 0.6) is 0 Å². The van der Waals surface area contributed by atoms with E-state index < -0.39 is 0 Å². The molecule has 1 heteroatoms. The molecule has 0 nitrogen and oxygen atoms in total. The van der Waals surface area contributed by atoms with Crippen molar-refractivity contribution in [2.45, 2.75) is 112 Å². The van der Waals surface area contributed by atoms with Crippen LogP contribution in [0.3, 0.4) is 0 Å². The van der Waals surface area contributed by atoms with Gasteiger partial charge in [-0.25, -0.2) is 0 Å². The summed E-state index contributed by atoms with van der Waals surface area (Å²) in [6.45, 7) is 5.13. The molecule has 6 atom stereocenters. The van der Waals surface area contributed by atoms with Crippen LogP contribution >= 0.6 is 0 Å². The predicted octanol–water partition coefficient (Wildman–Crippen LogP) is 4.07. The van der Waals surface area contributed by atoms with Gasteiger partial charge in [0.05, 0.1) is 0 Å². The van der Waals surface area contributed by atoms with Crippen LogP contribution in [0.4, 0.5) is 0 Å². The summed E-state index contributed by atoms with van der Waals surface area (Å²) in [4.78, 5) is 0. The van der Waals surface area contributed by atoms with Crippen LogP contribution in [0.25, 0.3) is 0 Å². The predicted molar refractivity (Wildman–Crippen MR) is 105 cm³/mol. The van der Waals surface area contributed by atoms with Crippen molar-refractivity contribution in [2.24, 2.45) is 35.5 Å². The molecule has 0 saturated heterocycles. The number of hydrogen-bond acceptors (Lipinski definition) is 0. The smallest absolute Gasteiger partial charge is 0.0623 e. The van der Waals surface area contributed by atoms with Gasteiger partial charge in [-0.2, -0.15) is 0 Å². The van der Waals surface area contributed by atoms with Crippen LogP contribution in [0.2, 0.25) is 0 Å². The van der Waals surface area contributed by atoms with Gasteiger partial charge < -0.3 is 0 Å². The van der Waals surface area contributed by atoms with E-state index in [0.717, 1.165) is 39.4 Å². The Morgan fingerprint density at radius 2 is 1.08 bits per heavy atom. The number of rotatable bonds is 2. The fourth-order valence-electron chi connectivity index (χ4n) is 6.58. The van der Waals surface area contributed by atoms with Gasteiger partial charge in [0.2, 0.25) is 0 Å². The van der Waals surface area contributed by atoms with Crippen molar-refractivity contribution in [2.75, 3.05) is 0 Å². The highest BCUT2D eigenvalue weighted by molar-refractivity contribution is 4.85. The minimum Gasteiger partial charge on any atom is -0.0623 e. The van der Waals surface area contributed by atoms with Crippen molar-refractivity contribution in [1.29, 1.82) is 0 Å². The molecule has 0 N–H and O–H groups in total. The molecule has 0 aromatic heterocycles. The van der Waals surface area contributed by atoms with Crippen LogP contribution in [-0.4, -0.2) is 7.85 Å². The van der Waals surface area contributed by atoms with Crippen molar-refractivity contribution in [3.63, 3.8) is 0 Å². The van der Waals surface area contributed by atoms with Gasteiger partial charge in [0.25, 0.3) is 21.2 Å². The Hall–Kier alpha value is 0.730. The molecule has 7 rings (SSSR count). The summed E-state index contributed by atoms with van der Waals surface area (Å²) in [5.41, 5.74) is 0. The molecule has 0 amide bonds. The lowest BCUT2D eigenvalue weighted by Crippen LogP contribution is -3.69. The second-order valence-electron chi connectivity index (χ2n) is 10.5. The maximum Gasteiger partial charge on any atom is 0.276 e. The summed E-state index contributed by atoms with van der Waals surface area (Å²) in [6.07, 6.45) is 22.2. The lowest BCUT2D eigenvalue weighted by molar-refractivity contribution is -0.738. The normalized spacial score (nSPS) is 48.7. The van der Waals surface area contributed by atoms with E-state index in [1.54, 1.807) is 77.0 Å². The molecule has 6 unspecified atom stereocenters. The summed E-state index contributed by atoms with van der Waals surface area (Å²) in [7, 11) is 0. The fourth-order valence-corrected chi connectivity index (χ4v) is 12.3. The zero-order valence-corrected chi connectivity index (χ0v) is 19.1. The molecule has 0 aromatic rings. The molecule has 4 bridgehead atoms. The first-order valence-corrected chi connectivity index (χ1v) is 14.3. The molecule has 7 fully saturated rings. The molecule has 144 valence electrons. The van der Waals surface area contributed by atoms with E-state index in [2.05, 4.69) is 13.8 Å². The fraction of sp³-hybridized carbons (Fsp3) is 1.00. The molecule has 7 aliphatic rings. The second-order valence-corrected chi connectivity index (χ2v) is 14.5. The summed E-state index contributed by atoms with van der Waals surface area (Å²) in [6, 6.07) is 0. The molecular formula is C24H42I+. The monoisotopic (exact) mass is 457 g/mol. The standard InChI is InChI=1S/C24H42I/c1-17-3-4-18(2)23(15-17)25-24-16-21-10-9-19-5-7-20(8-6-19)11-13-22(24)14-12-21/h17-24H,3-16H2,1-2H3/q+1. The van der Waals surface area contributed by atoms with E-state index >= 15 is 0 Å². The first-order valence-electron chi connectivity index (χ1n) is 11.8. The van der Waals surface area contributed by atoms with Gasteiger partial charge >= 0.3 is 0 Å². The van der Waals surface area contributed by atoms with Crippen molar-refractivity contribution in [3.8, 4) is 0 Å². The number of halogens is 1. The van der Waals surface area contributed by atoms with Crippen molar-refractivity contribution >= 4 is 0 Å². The van der Waals surface area contributed by atoms with Gasteiger partial charge in [-0.15, -0.1) is 0 Å². The van der Waals surface area contributed by atoms with Crippen LogP contribution in [0.15, 0.2) is 0 Å². The molecular weight excluding hydrogens is 415 g/mol. The highest BCUT2D eigenvalue weighted by atomic mass is 127. The Balaban J connectivity index is 1.42. The van der Waals surface area contributed by atoms with Crippen LogP contribution in [0, 0.1) is 35.5 Å². The zero-order chi connectivity index (χ0) is 17.2. The maximum absolute atomic E-state index is 2.60. The van der Waals surface area contributed by atoms with Crippen LogP contribution in [-0.2, 0) is 0 Å². The second kappa shape index (κ2) is 8.82. The van der Waals surface area contributed by atoms with E-state index in [-0.39, 0.29) is 0 Å². The minimum atomic E-state index is 0.424. The Labute approximate surface area is 167 Å². The third kappa shape index (κ3) is 4.96. The molecule has 25 heavy (non-hydrogen) atoms. The SMILES string of the molecule is CC1CCC(C)C([I+]C2CC3CCC4CCC(CC4)CCC2CC3)C1. The summed E-state index contributed by atoms with van der Waals surface area (Å²) < 4.78 is 2.37. The Kier molecular flexibility index (Phi) is 6.73. The topological polar surface area (TPSA) is 0 Å². The van der Waals surface area contributed by atoms with Gasteiger partial charge in [0.1, 0.15) is 0 Å². The van der Waals surface area contributed by atoms with Gasteiger partial charge in [0.15, 0.2) is 7.85 Å². The third-order valence-electron chi connectivity index (χ3n) is 8.59. The van der Waals surface area contributed by atoms with Crippen LogP contribution in [0.1, 0.15) is 104 Å². The number of alkyl halides is 2. The van der Waals surface area contributed by atoms with Crippen molar-refractivity contribution in [3.05, 3.63) is 0 Å². The molecule has 0 heterocycles. The molecule has 7 aliphatic carbocycles. The zero-order valence-electron chi connectivity index (χ0n) is 16.9. The van der Waals surface area contributed by atoms with E-state index in [0.29, 0.717) is 21.2 Å². The van der Waals surface area contributed by atoms with Gasteiger partial charge in [0, 0.05) is 11.8 Å². The average molecular weight is 458 g/mol. The molecule has 0 radical (unpaired) electrons. The highest BCUT2D eigenvalue weighted by Crippen LogP contribution is 2.41. The van der Waals surface area contributed by atoms with E-state index in [1.807, 2.05) is 0 Å². The molecule has 0 aromatic carbocycles. The largest absolute Gasteiger partial charge is 0.276 e. The van der Waals surface area contributed by atoms with Gasteiger partial charge in [-0.1, -0.05) is 65.2 Å². The summed E-state index contributed by atoms with van der Waals surface area (Å²) in [5, 5.41) is 0. The summed E-state index contributed by atoms with van der Waals surface area (Å²) in [5.74, 6) is 6.57. The van der Waals surface area contributed by atoms with E-state index in [4.69, 9.17) is 0 Å². The quantitative estimate of drug-likeness (QED) is 0.433. The van der Waals surface area contributed by atoms with Crippen LogP contribution < -0.4 is 21.2 Å². The lowest BCUT2D eigenvalue weighted by atomic mass is 9.71. The molecule has 0 spiro atoms. The maximum atomic E-state index is 2.60. The Bertz CT molecular complexity index is 410. The summed E-state index contributed by atoms with van der Waals surface area (Å²) >= 11 is 0.424. The van der Waals surface area contributed by atoms with E-state index in [9.17, 15) is 0 Å². The Morgan fingerprint density at radius 3 is 1.76 bits per heavy atom. The third-order valence-corrected chi connectivity index (χ3v) is 13.7. The highest BCUT2D eigenvalue weighted by Gasteiger charge is 2.45. The lowest BCUT2D eigenvalue weighted by Gasteiger charge is -2.37. The minimum absolute atomic E-state index is 0.424. The van der Waals surface area contributed by atoms with Crippen molar-refractivity contribution < 1.29 is 21.2 Å². The first kappa shape index (κ1) is 19.1. The van der Waals surface area contributed by atoms with E-state index in [1.165, 1.54) is 16.8 Å². The van der Waals surface area contributed by atoms with Crippen molar-refractivity contribution in [1.82, 2.24) is 0 Å². The average Bonchev–Trinajstić information content (AvgIpc) is 2.61. The molecule has 0 aliphatic heterocycles. The Morgan fingerprint density at radius 1 is 0.520 bits per heavy atom.